The molecule has 1 rings (SSSR count). The van der Waals surface area contributed by atoms with E-state index in [2.05, 4.69) is 44.1 Å². The summed E-state index contributed by atoms with van der Waals surface area (Å²) in [6, 6.07) is 2.21. The zero-order chi connectivity index (χ0) is 15.7. The SMILES string of the molecule is CCCNC(c1cncc(OCCC)c1)C(OC)C(C)C. The van der Waals surface area contributed by atoms with Crippen LogP contribution in [0.4, 0.5) is 0 Å². The van der Waals surface area contributed by atoms with Crippen LogP contribution in [0.3, 0.4) is 0 Å². The van der Waals surface area contributed by atoms with Gasteiger partial charge in [0.05, 0.1) is 24.9 Å². The lowest BCUT2D eigenvalue weighted by atomic mass is 9.94. The lowest BCUT2D eigenvalue weighted by Gasteiger charge is -2.30. The maximum Gasteiger partial charge on any atom is 0.137 e. The molecule has 21 heavy (non-hydrogen) atoms. The largest absolute Gasteiger partial charge is 0.492 e. The first-order chi connectivity index (χ1) is 10.1. The molecule has 0 aliphatic carbocycles. The Morgan fingerprint density at radius 2 is 1.95 bits per heavy atom. The molecule has 0 spiro atoms. The van der Waals surface area contributed by atoms with E-state index in [1.54, 1.807) is 13.3 Å². The molecule has 4 heteroatoms. The Bertz CT molecular complexity index is 396. The van der Waals surface area contributed by atoms with Crippen LogP contribution in [0, 0.1) is 5.92 Å². The van der Waals surface area contributed by atoms with Gasteiger partial charge in [-0.25, -0.2) is 0 Å². The molecule has 2 unspecified atom stereocenters. The van der Waals surface area contributed by atoms with Crippen LogP contribution >= 0.6 is 0 Å². The number of nitrogens with zero attached hydrogens (tertiary/aromatic N) is 1. The molecular weight excluding hydrogens is 264 g/mol. The summed E-state index contributed by atoms with van der Waals surface area (Å²) >= 11 is 0. The summed E-state index contributed by atoms with van der Waals surface area (Å²) < 4.78 is 11.4. The number of hydrogen-bond acceptors (Lipinski definition) is 4. The van der Waals surface area contributed by atoms with Crippen LogP contribution in [0.15, 0.2) is 18.5 Å². The summed E-state index contributed by atoms with van der Waals surface area (Å²) in [4.78, 5) is 4.32. The van der Waals surface area contributed by atoms with E-state index in [1.807, 2.05) is 6.20 Å². The number of pyridine rings is 1. The van der Waals surface area contributed by atoms with Gasteiger partial charge >= 0.3 is 0 Å². The fraction of sp³-hybridized carbons (Fsp3) is 0.706. The molecule has 0 bridgehead atoms. The van der Waals surface area contributed by atoms with Crippen molar-refractivity contribution in [1.82, 2.24) is 10.3 Å². The van der Waals surface area contributed by atoms with Gasteiger partial charge in [0.25, 0.3) is 0 Å². The number of ether oxygens (including phenoxy) is 2. The van der Waals surface area contributed by atoms with Crippen LogP contribution < -0.4 is 10.1 Å². The van der Waals surface area contributed by atoms with Crippen LogP contribution in [0.2, 0.25) is 0 Å². The average molecular weight is 294 g/mol. The Labute approximate surface area is 129 Å². The van der Waals surface area contributed by atoms with Gasteiger partial charge in [0.15, 0.2) is 0 Å². The molecule has 0 aliphatic rings. The third kappa shape index (κ3) is 5.64. The smallest absolute Gasteiger partial charge is 0.137 e. The van der Waals surface area contributed by atoms with Crippen molar-refractivity contribution in [1.29, 1.82) is 0 Å². The normalized spacial score (nSPS) is 14.2. The van der Waals surface area contributed by atoms with E-state index in [4.69, 9.17) is 9.47 Å². The second-order valence-corrected chi connectivity index (χ2v) is 5.68. The number of nitrogens with one attached hydrogen (secondary N) is 1. The number of rotatable bonds is 10. The molecule has 4 nitrogen and oxygen atoms in total. The molecule has 0 radical (unpaired) electrons. The number of hydrogen-bond donors (Lipinski definition) is 1. The zero-order valence-corrected chi connectivity index (χ0v) is 14.1. The van der Waals surface area contributed by atoms with E-state index >= 15 is 0 Å². The van der Waals surface area contributed by atoms with E-state index in [9.17, 15) is 0 Å². The average Bonchev–Trinajstić information content (AvgIpc) is 2.49. The minimum Gasteiger partial charge on any atom is -0.492 e. The highest BCUT2D eigenvalue weighted by atomic mass is 16.5. The summed E-state index contributed by atoms with van der Waals surface area (Å²) in [6.45, 7) is 10.3. The molecule has 0 amide bonds. The van der Waals surface area contributed by atoms with Gasteiger partial charge in [-0.1, -0.05) is 27.7 Å². The Morgan fingerprint density at radius 3 is 2.52 bits per heavy atom. The summed E-state index contributed by atoms with van der Waals surface area (Å²) in [5.74, 6) is 1.25. The van der Waals surface area contributed by atoms with Crippen LogP contribution in [0.1, 0.15) is 52.1 Å². The summed E-state index contributed by atoms with van der Waals surface area (Å²) in [6.07, 6.45) is 5.87. The third-order valence-corrected chi connectivity index (χ3v) is 3.44. The minimum atomic E-state index is 0.111. The topological polar surface area (TPSA) is 43.4 Å². The third-order valence-electron chi connectivity index (χ3n) is 3.44. The van der Waals surface area contributed by atoms with Crippen molar-refractivity contribution in [3.8, 4) is 5.75 Å². The summed E-state index contributed by atoms with van der Waals surface area (Å²) in [5, 5.41) is 3.58. The quantitative estimate of drug-likeness (QED) is 0.716. The first-order valence-corrected chi connectivity index (χ1v) is 7.97. The molecule has 1 aromatic heterocycles. The second-order valence-electron chi connectivity index (χ2n) is 5.68. The molecule has 1 heterocycles. The van der Waals surface area contributed by atoms with Gasteiger partial charge < -0.3 is 14.8 Å². The second kappa shape index (κ2) is 9.74. The van der Waals surface area contributed by atoms with Gasteiger partial charge in [-0.15, -0.1) is 0 Å². The van der Waals surface area contributed by atoms with Gasteiger partial charge in [0.2, 0.25) is 0 Å². The zero-order valence-electron chi connectivity index (χ0n) is 14.1. The van der Waals surface area contributed by atoms with Crippen molar-refractivity contribution in [3.05, 3.63) is 24.0 Å². The molecule has 1 N–H and O–H groups in total. The molecule has 0 aromatic carbocycles. The molecular formula is C17H30N2O2. The first kappa shape index (κ1) is 17.9. The van der Waals surface area contributed by atoms with E-state index < -0.39 is 0 Å². The Kier molecular flexibility index (Phi) is 8.31. The molecule has 120 valence electrons. The Morgan fingerprint density at radius 1 is 1.19 bits per heavy atom. The highest BCUT2D eigenvalue weighted by Crippen LogP contribution is 2.26. The molecule has 1 aromatic rings. The van der Waals surface area contributed by atoms with Gasteiger partial charge in [-0.3, -0.25) is 4.98 Å². The molecule has 0 fully saturated rings. The summed E-state index contributed by atoms with van der Waals surface area (Å²) in [5.41, 5.74) is 1.12. The predicted octanol–water partition coefficient (Wildman–Crippen LogP) is 3.58. The minimum absolute atomic E-state index is 0.111. The number of methoxy groups -OCH3 is 1. The van der Waals surface area contributed by atoms with Crippen molar-refractivity contribution in [3.63, 3.8) is 0 Å². The summed E-state index contributed by atoms with van der Waals surface area (Å²) in [7, 11) is 1.77. The molecule has 0 saturated carbocycles. The standard InChI is InChI=1S/C17H30N2O2/c1-6-8-19-16(17(20-5)13(3)4)14-10-15(12-18-11-14)21-9-7-2/h10-13,16-17,19H,6-9H2,1-5H3. The van der Waals surface area contributed by atoms with Crippen LogP contribution in [-0.2, 0) is 4.74 Å². The monoisotopic (exact) mass is 294 g/mol. The Balaban J connectivity index is 2.95. The first-order valence-electron chi connectivity index (χ1n) is 7.97. The van der Waals surface area contributed by atoms with Crippen molar-refractivity contribution >= 4 is 0 Å². The van der Waals surface area contributed by atoms with Gasteiger partial charge in [0.1, 0.15) is 5.75 Å². The van der Waals surface area contributed by atoms with Gasteiger partial charge in [-0.2, -0.15) is 0 Å². The highest BCUT2D eigenvalue weighted by Gasteiger charge is 2.26. The fourth-order valence-corrected chi connectivity index (χ4v) is 2.42. The maximum atomic E-state index is 5.72. The van der Waals surface area contributed by atoms with Gasteiger partial charge in [0, 0.05) is 13.3 Å². The molecule has 0 saturated heterocycles. The van der Waals surface area contributed by atoms with Crippen LogP contribution in [0.5, 0.6) is 5.75 Å². The fourth-order valence-electron chi connectivity index (χ4n) is 2.42. The number of aromatic nitrogens is 1. The molecule has 2 atom stereocenters. The van der Waals surface area contributed by atoms with Crippen molar-refractivity contribution in [2.24, 2.45) is 5.92 Å². The van der Waals surface area contributed by atoms with Crippen molar-refractivity contribution in [2.45, 2.75) is 52.7 Å². The van der Waals surface area contributed by atoms with Gasteiger partial charge in [-0.05, 0) is 36.9 Å². The lowest BCUT2D eigenvalue weighted by Crippen LogP contribution is -2.37. The van der Waals surface area contributed by atoms with Crippen molar-refractivity contribution in [2.75, 3.05) is 20.3 Å². The predicted molar refractivity (Wildman–Crippen MR) is 86.7 cm³/mol. The van der Waals surface area contributed by atoms with E-state index in [0.29, 0.717) is 5.92 Å². The Hall–Kier alpha value is -1.13. The highest BCUT2D eigenvalue weighted by molar-refractivity contribution is 5.27. The van der Waals surface area contributed by atoms with E-state index in [-0.39, 0.29) is 12.1 Å². The van der Waals surface area contributed by atoms with Crippen LogP contribution in [0.25, 0.3) is 0 Å². The lowest BCUT2D eigenvalue weighted by molar-refractivity contribution is 0.0325. The van der Waals surface area contributed by atoms with E-state index in [0.717, 1.165) is 37.3 Å². The maximum absolute atomic E-state index is 5.72. The van der Waals surface area contributed by atoms with E-state index in [1.165, 1.54) is 0 Å². The van der Waals surface area contributed by atoms with Crippen LogP contribution in [-0.4, -0.2) is 31.3 Å². The molecule has 0 aliphatic heterocycles. The van der Waals surface area contributed by atoms with Crippen molar-refractivity contribution < 1.29 is 9.47 Å².